The van der Waals surface area contributed by atoms with E-state index in [0.717, 1.165) is 0 Å². The van der Waals surface area contributed by atoms with Gasteiger partial charge in [0.1, 0.15) is 11.5 Å². The normalized spacial score (nSPS) is 10.2. The van der Waals surface area contributed by atoms with Gasteiger partial charge in [0.25, 0.3) is 5.91 Å². The van der Waals surface area contributed by atoms with Crippen LogP contribution in [0, 0.1) is 0 Å². The summed E-state index contributed by atoms with van der Waals surface area (Å²) in [5.41, 5.74) is 5.47. The lowest BCUT2D eigenvalue weighted by Gasteiger charge is -2.09. The number of rotatable bonds is 4. The zero-order chi connectivity index (χ0) is 13.7. The van der Waals surface area contributed by atoms with E-state index in [4.69, 9.17) is 17.3 Å². The van der Waals surface area contributed by atoms with Gasteiger partial charge in [-0.1, -0.05) is 11.6 Å². The van der Waals surface area contributed by atoms with E-state index in [2.05, 4.69) is 15.6 Å². The van der Waals surface area contributed by atoms with Gasteiger partial charge in [0.05, 0.1) is 11.6 Å². The van der Waals surface area contributed by atoms with E-state index in [9.17, 15) is 9.59 Å². The van der Waals surface area contributed by atoms with Crippen LogP contribution < -0.4 is 16.4 Å². The summed E-state index contributed by atoms with van der Waals surface area (Å²) in [7, 11) is 0. The Hall–Kier alpha value is -1.82. The highest BCUT2D eigenvalue weighted by Crippen LogP contribution is 2.14. The number of halogens is 1. The van der Waals surface area contributed by atoms with Crippen LogP contribution in [0.3, 0.4) is 0 Å². The molecule has 1 aromatic rings. The van der Waals surface area contributed by atoms with Crippen molar-refractivity contribution in [1.29, 1.82) is 0 Å². The van der Waals surface area contributed by atoms with Gasteiger partial charge in [-0.25, -0.2) is 4.98 Å². The van der Waals surface area contributed by atoms with Crippen LogP contribution in [0.1, 0.15) is 24.3 Å². The Kier molecular flexibility index (Phi) is 4.91. The molecule has 98 valence electrons. The highest BCUT2D eigenvalue weighted by atomic mass is 35.5. The summed E-state index contributed by atoms with van der Waals surface area (Å²) in [6.45, 7) is 3.52. The zero-order valence-electron chi connectivity index (χ0n) is 10.2. The number of nitrogens with one attached hydrogen (secondary N) is 2. The van der Waals surface area contributed by atoms with Crippen LogP contribution >= 0.6 is 11.6 Å². The summed E-state index contributed by atoms with van der Waals surface area (Å²) in [6.07, 6.45) is 0. The number of aromatic nitrogens is 1. The Morgan fingerprint density at radius 2 is 2.11 bits per heavy atom. The van der Waals surface area contributed by atoms with Crippen molar-refractivity contribution in [3.8, 4) is 0 Å². The van der Waals surface area contributed by atoms with Gasteiger partial charge < -0.3 is 16.4 Å². The molecule has 0 atom stereocenters. The molecular weight excluding hydrogens is 256 g/mol. The van der Waals surface area contributed by atoms with Gasteiger partial charge in [0.2, 0.25) is 5.91 Å². The van der Waals surface area contributed by atoms with Gasteiger partial charge in [0.15, 0.2) is 0 Å². The van der Waals surface area contributed by atoms with Gasteiger partial charge >= 0.3 is 0 Å². The molecule has 0 saturated carbocycles. The molecule has 0 spiro atoms. The van der Waals surface area contributed by atoms with E-state index >= 15 is 0 Å². The van der Waals surface area contributed by atoms with Crippen molar-refractivity contribution in [2.24, 2.45) is 0 Å². The van der Waals surface area contributed by atoms with Crippen molar-refractivity contribution in [3.05, 3.63) is 22.8 Å². The summed E-state index contributed by atoms with van der Waals surface area (Å²) in [6, 6.07) is 2.99. The minimum absolute atomic E-state index is 0.00835. The molecule has 1 heterocycles. The summed E-state index contributed by atoms with van der Waals surface area (Å²) < 4.78 is 0. The maximum absolute atomic E-state index is 11.7. The predicted molar refractivity (Wildman–Crippen MR) is 69.3 cm³/mol. The van der Waals surface area contributed by atoms with E-state index in [1.165, 1.54) is 12.1 Å². The summed E-state index contributed by atoms with van der Waals surface area (Å²) >= 11 is 5.81. The molecular formula is C11H15ClN4O2. The largest absolute Gasteiger partial charge is 0.384 e. The van der Waals surface area contributed by atoms with Gasteiger partial charge in [-0.15, -0.1) is 0 Å². The highest BCUT2D eigenvalue weighted by Gasteiger charge is 2.13. The zero-order valence-corrected chi connectivity index (χ0v) is 10.9. The third kappa shape index (κ3) is 4.21. The van der Waals surface area contributed by atoms with Gasteiger partial charge in [-0.3, -0.25) is 9.59 Å². The highest BCUT2D eigenvalue weighted by molar-refractivity contribution is 6.33. The molecule has 4 N–H and O–H groups in total. The van der Waals surface area contributed by atoms with Crippen LogP contribution in [0.2, 0.25) is 5.02 Å². The second-order valence-electron chi connectivity index (χ2n) is 3.97. The molecule has 0 fully saturated rings. The monoisotopic (exact) mass is 270 g/mol. The minimum atomic E-state index is -0.536. The van der Waals surface area contributed by atoms with E-state index < -0.39 is 5.91 Å². The standard InChI is InChI=1S/C11H15ClN4O2/c1-6(2)15-9(17)5-14-11(18)10-7(12)3-4-8(13)16-10/h3-4,6H,5H2,1-2H3,(H2,13,16)(H,14,18)(H,15,17). The first-order valence-electron chi connectivity index (χ1n) is 5.39. The number of carbonyl (C=O) groups is 2. The number of anilines is 1. The molecule has 0 aliphatic heterocycles. The molecule has 1 aromatic heterocycles. The number of nitrogens with zero attached hydrogens (tertiary/aromatic N) is 1. The molecule has 0 aliphatic carbocycles. The number of carbonyl (C=O) groups excluding carboxylic acids is 2. The van der Waals surface area contributed by atoms with E-state index in [1.54, 1.807) is 0 Å². The molecule has 1 rings (SSSR count). The Bertz CT molecular complexity index is 462. The molecule has 0 saturated heterocycles. The molecule has 0 aliphatic rings. The number of hydrogen-bond acceptors (Lipinski definition) is 4. The Labute approximate surface area is 110 Å². The van der Waals surface area contributed by atoms with Crippen molar-refractivity contribution < 1.29 is 9.59 Å². The predicted octanol–water partition coefficient (Wildman–Crippen LogP) is 0.572. The third-order valence-corrected chi connectivity index (χ3v) is 2.25. The summed E-state index contributed by atoms with van der Waals surface area (Å²) in [5, 5.41) is 5.25. The molecule has 6 nitrogen and oxygen atoms in total. The average Bonchev–Trinajstić information content (AvgIpc) is 2.28. The SMILES string of the molecule is CC(C)NC(=O)CNC(=O)c1nc(N)ccc1Cl. The van der Waals surface area contributed by atoms with Gasteiger partial charge in [0, 0.05) is 6.04 Å². The number of amides is 2. The van der Waals surface area contributed by atoms with Crippen LogP contribution in [0.5, 0.6) is 0 Å². The van der Waals surface area contributed by atoms with Gasteiger partial charge in [-0.05, 0) is 26.0 Å². The second-order valence-corrected chi connectivity index (χ2v) is 4.38. The van der Waals surface area contributed by atoms with Crippen LogP contribution in [-0.2, 0) is 4.79 Å². The fraction of sp³-hybridized carbons (Fsp3) is 0.364. The molecule has 0 radical (unpaired) electrons. The quantitative estimate of drug-likeness (QED) is 0.745. The van der Waals surface area contributed by atoms with Crippen LogP contribution in [-0.4, -0.2) is 29.4 Å². The second kappa shape index (κ2) is 6.20. The van der Waals surface area contributed by atoms with Crippen LogP contribution in [0.15, 0.2) is 12.1 Å². The number of nitrogens with two attached hydrogens (primary N) is 1. The number of pyridine rings is 1. The molecule has 0 unspecified atom stereocenters. The number of nitrogen functional groups attached to an aromatic ring is 1. The van der Waals surface area contributed by atoms with Crippen molar-refractivity contribution in [3.63, 3.8) is 0 Å². The van der Waals surface area contributed by atoms with Crippen molar-refractivity contribution in [2.45, 2.75) is 19.9 Å². The molecule has 7 heteroatoms. The molecule has 0 bridgehead atoms. The third-order valence-electron chi connectivity index (χ3n) is 1.94. The van der Waals surface area contributed by atoms with E-state index in [-0.39, 0.29) is 35.0 Å². The van der Waals surface area contributed by atoms with E-state index in [0.29, 0.717) is 0 Å². The Morgan fingerprint density at radius 3 is 2.72 bits per heavy atom. The lowest BCUT2D eigenvalue weighted by molar-refractivity contribution is -0.120. The lowest BCUT2D eigenvalue weighted by Crippen LogP contribution is -2.40. The van der Waals surface area contributed by atoms with Crippen molar-refractivity contribution >= 4 is 29.2 Å². The Balaban J connectivity index is 2.60. The molecule has 18 heavy (non-hydrogen) atoms. The van der Waals surface area contributed by atoms with Crippen LogP contribution in [0.25, 0.3) is 0 Å². The molecule has 2 amide bonds. The van der Waals surface area contributed by atoms with Gasteiger partial charge in [-0.2, -0.15) is 0 Å². The fourth-order valence-corrected chi connectivity index (χ4v) is 1.42. The van der Waals surface area contributed by atoms with Crippen molar-refractivity contribution in [2.75, 3.05) is 12.3 Å². The summed E-state index contributed by atoms with van der Waals surface area (Å²) in [4.78, 5) is 26.9. The van der Waals surface area contributed by atoms with Crippen LogP contribution in [0.4, 0.5) is 5.82 Å². The minimum Gasteiger partial charge on any atom is -0.384 e. The first kappa shape index (κ1) is 14.2. The Morgan fingerprint density at radius 1 is 1.44 bits per heavy atom. The topological polar surface area (TPSA) is 97.1 Å². The smallest absolute Gasteiger partial charge is 0.271 e. The fourth-order valence-electron chi connectivity index (χ4n) is 1.23. The first-order chi connectivity index (χ1) is 8.40. The maximum Gasteiger partial charge on any atom is 0.271 e. The van der Waals surface area contributed by atoms with Crippen molar-refractivity contribution in [1.82, 2.24) is 15.6 Å². The summed E-state index contributed by atoms with van der Waals surface area (Å²) in [5.74, 6) is -0.624. The first-order valence-corrected chi connectivity index (χ1v) is 5.77. The van der Waals surface area contributed by atoms with E-state index in [1.807, 2.05) is 13.8 Å². The average molecular weight is 271 g/mol. The number of hydrogen-bond donors (Lipinski definition) is 3. The lowest BCUT2D eigenvalue weighted by atomic mass is 10.3. The molecule has 0 aromatic carbocycles. The maximum atomic E-state index is 11.7.